The molecule has 0 radical (unpaired) electrons. The molecule has 284 valence electrons. The van der Waals surface area contributed by atoms with E-state index >= 15 is 0 Å². The van der Waals surface area contributed by atoms with E-state index in [1.165, 1.54) is 71.5 Å². The zero-order chi connectivity index (χ0) is 39.3. The predicted octanol–water partition coefficient (Wildman–Crippen LogP) is 14.1. The molecule has 0 saturated heterocycles. The molecule has 4 nitrogen and oxygen atoms in total. The molecule has 1 saturated carbocycles. The lowest BCUT2D eigenvalue weighted by Crippen LogP contribution is -2.40. The molecule has 1 fully saturated rings. The van der Waals surface area contributed by atoms with Gasteiger partial charge in [0.25, 0.3) is 0 Å². The van der Waals surface area contributed by atoms with Gasteiger partial charge in [-0.05, 0) is 44.6 Å². The van der Waals surface area contributed by atoms with E-state index in [2.05, 4.69) is 109 Å². The molecule has 5 aliphatic rings. The highest BCUT2D eigenvalue weighted by molar-refractivity contribution is 6.17. The van der Waals surface area contributed by atoms with Crippen LogP contribution in [-0.2, 0) is 0 Å². The van der Waals surface area contributed by atoms with Gasteiger partial charge < -0.3 is 9.80 Å². The quantitative estimate of drug-likeness (QED) is 0.142. The summed E-state index contributed by atoms with van der Waals surface area (Å²) in [6, 6.07) is 18.8. The van der Waals surface area contributed by atoms with Crippen molar-refractivity contribution in [2.75, 3.05) is 0 Å². The largest absolute Gasteiger partial charge is 0.339 e. The number of hydrazine groups is 1. The Balaban J connectivity index is 1.11. The van der Waals surface area contributed by atoms with Crippen LogP contribution in [0.3, 0.4) is 0 Å². The summed E-state index contributed by atoms with van der Waals surface area (Å²) in [5.74, 6) is 0. The summed E-state index contributed by atoms with van der Waals surface area (Å²) in [6.45, 7) is 42.4. The molecule has 1 aliphatic carbocycles. The number of rotatable bonds is 11. The molecule has 0 amide bonds. The number of allylic oxidation sites excluding steroid dienone is 1. The molecule has 0 spiro atoms. The van der Waals surface area contributed by atoms with Gasteiger partial charge >= 0.3 is 0 Å². The number of hydrogen-bond donors (Lipinski definition) is 0. The van der Waals surface area contributed by atoms with Crippen LogP contribution in [0, 0.1) is 0 Å². The van der Waals surface area contributed by atoms with Crippen LogP contribution < -0.4 is 0 Å². The van der Waals surface area contributed by atoms with Gasteiger partial charge in [0, 0.05) is 101 Å². The first-order chi connectivity index (χ1) is 27.0. The Kier molecular flexibility index (Phi) is 8.61. The van der Waals surface area contributed by atoms with Crippen molar-refractivity contribution in [3.8, 4) is 0 Å². The molecule has 56 heavy (non-hydrogen) atoms. The van der Waals surface area contributed by atoms with E-state index in [0.29, 0.717) is 12.1 Å². The van der Waals surface area contributed by atoms with Crippen LogP contribution in [0.4, 0.5) is 0 Å². The highest BCUT2D eigenvalue weighted by atomic mass is 15.6. The SMILES string of the molecule is C=C1c2ccc3c4c(ccc(c24)C(=C)N1C(C)CCCCC)C(=C)N(N1C(=C)c2ccc4c5c(ccc(c25)C1=C)C(=C1CC1)N(C(CC)CCCC)C4=C)C3=C. The van der Waals surface area contributed by atoms with Crippen molar-refractivity contribution in [1.29, 1.82) is 0 Å². The maximum Gasteiger partial charge on any atom is 0.0644 e. The summed E-state index contributed by atoms with van der Waals surface area (Å²) in [5.41, 5.74) is 18.7. The Morgan fingerprint density at radius 1 is 0.464 bits per heavy atom. The number of benzene rings is 4. The molecule has 4 heteroatoms. The lowest BCUT2D eigenvalue weighted by molar-refractivity contribution is 0.270. The smallest absolute Gasteiger partial charge is 0.0644 e. The summed E-state index contributed by atoms with van der Waals surface area (Å²) in [5, 5.41) is 9.12. The highest BCUT2D eigenvalue weighted by Gasteiger charge is 2.41. The van der Waals surface area contributed by atoms with E-state index in [1.54, 1.807) is 5.57 Å². The van der Waals surface area contributed by atoms with Gasteiger partial charge in [-0.25, -0.2) is 10.0 Å². The van der Waals surface area contributed by atoms with E-state index in [1.807, 2.05) is 0 Å². The minimum Gasteiger partial charge on any atom is -0.339 e. The fraction of sp³-hybridized carbons (Fsp3) is 0.308. The van der Waals surface area contributed by atoms with Crippen LogP contribution in [0.2, 0.25) is 0 Å². The fourth-order valence-electron chi connectivity index (χ4n) is 10.3. The van der Waals surface area contributed by atoms with Crippen molar-refractivity contribution >= 4 is 67.1 Å². The Bertz CT molecular complexity index is 2440. The lowest BCUT2D eigenvalue weighted by atomic mass is 9.81. The first-order valence-electron chi connectivity index (χ1n) is 21.0. The molecule has 4 aromatic carbocycles. The van der Waals surface area contributed by atoms with Crippen molar-refractivity contribution < 1.29 is 0 Å². The summed E-state index contributed by atoms with van der Waals surface area (Å²) in [6.07, 6.45) is 11.7. The molecular weight excluding hydrogens is 681 g/mol. The van der Waals surface area contributed by atoms with Gasteiger partial charge in [0.05, 0.1) is 22.8 Å². The average Bonchev–Trinajstić information content (AvgIpc) is 4.04. The molecule has 4 heterocycles. The Labute approximate surface area is 334 Å². The molecule has 0 aromatic heterocycles. The minimum atomic E-state index is 0.315. The Hall–Kier alpha value is -5.48. The number of nitrogens with zero attached hydrogens (tertiary/aromatic N) is 4. The maximum absolute atomic E-state index is 4.80. The second-order valence-corrected chi connectivity index (χ2v) is 16.6. The summed E-state index contributed by atoms with van der Waals surface area (Å²) < 4.78 is 0. The standard InChI is InChI=1S/C52H56N4/c1-12-15-17-18-30(4)53-31(5)40-22-25-43-34(8)55(35(9)44-26-23-41(32(53)6)48(40)49(43)44)56-36(10)45-27-24-42-33(7)54(39(14-3)19-16-13-2)52(38-20-21-38)47-29-28-46(37(56)11)50(45)51(42)47/h22-30,39H,5-21H2,1-4H3. The zero-order valence-corrected chi connectivity index (χ0v) is 34.1. The second-order valence-electron chi connectivity index (χ2n) is 16.6. The molecule has 4 aromatic rings. The van der Waals surface area contributed by atoms with Crippen molar-refractivity contribution in [2.24, 2.45) is 0 Å². The summed E-state index contributed by atoms with van der Waals surface area (Å²) >= 11 is 0. The van der Waals surface area contributed by atoms with E-state index in [0.717, 1.165) is 104 Å². The molecular formula is C52H56N4. The zero-order valence-electron chi connectivity index (χ0n) is 34.1. The second kappa shape index (κ2) is 13.3. The molecule has 9 rings (SSSR count). The third kappa shape index (κ3) is 4.97. The number of unbranched alkanes of at least 4 members (excludes halogenated alkanes) is 3. The van der Waals surface area contributed by atoms with Gasteiger partial charge in [0.1, 0.15) is 0 Å². The van der Waals surface area contributed by atoms with E-state index in [9.17, 15) is 0 Å². The fourth-order valence-corrected chi connectivity index (χ4v) is 10.3. The third-order valence-corrected chi connectivity index (χ3v) is 13.3. The Morgan fingerprint density at radius 3 is 1.23 bits per heavy atom. The van der Waals surface area contributed by atoms with Crippen LogP contribution >= 0.6 is 0 Å². The molecule has 0 bridgehead atoms. The van der Waals surface area contributed by atoms with Gasteiger partial charge in [-0.15, -0.1) is 0 Å². The van der Waals surface area contributed by atoms with Gasteiger partial charge in [-0.3, -0.25) is 0 Å². The van der Waals surface area contributed by atoms with E-state index in [4.69, 9.17) is 32.9 Å². The van der Waals surface area contributed by atoms with Crippen molar-refractivity contribution in [1.82, 2.24) is 19.8 Å². The average molecular weight is 737 g/mol. The molecule has 2 atom stereocenters. The van der Waals surface area contributed by atoms with Gasteiger partial charge in [-0.1, -0.05) is 147 Å². The van der Waals surface area contributed by atoms with Gasteiger partial charge in [0.2, 0.25) is 0 Å². The first-order valence-corrected chi connectivity index (χ1v) is 21.0. The Morgan fingerprint density at radius 2 is 0.839 bits per heavy atom. The van der Waals surface area contributed by atoms with E-state index in [-0.39, 0.29) is 0 Å². The molecule has 4 aliphatic heterocycles. The number of hydrogen-bond acceptors (Lipinski definition) is 4. The van der Waals surface area contributed by atoms with Gasteiger partial charge in [-0.2, -0.15) is 0 Å². The molecule has 0 N–H and O–H groups in total. The van der Waals surface area contributed by atoms with Crippen LogP contribution in [0.15, 0.2) is 100 Å². The lowest BCUT2D eigenvalue weighted by Gasteiger charge is -2.48. The van der Waals surface area contributed by atoms with Crippen molar-refractivity contribution in [3.05, 3.63) is 145 Å². The monoisotopic (exact) mass is 736 g/mol. The maximum atomic E-state index is 4.80. The summed E-state index contributed by atoms with van der Waals surface area (Å²) in [4.78, 5) is 4.96. The van der Waals surface area contributed by atoms with Crippen molar-refractivity contribution in [3.63, 3.8) is 0 Å². The van der Waals surface area contributed by atoms with Crippen molar-refractivity contribution in [2.45, 2.75) is 104 Å². The first kappa shape index (κ1) is 36.2. The van der Waals surface area contributed by atoms with Crippen LogP contribution in [0.5, 0.6) is 0 Å². The van der Waals surface area contributed by atoms with Gasteiger partial charge in [0.15, 0.2) is 0 Å². The van der Waals surface area contributed by atoms with Crippen LogP contribution in [0.1, 0.15) is 136 Å². The normalized spacial score (nSPS) is 18.3. The highest BCUT2D eigenvalue weighted by Crippen LogP contribution is 2.56. The summed E-state index contributed by atoms with van der Waals surface area (Å²) in [7, 11) is 0. The van der Waals surface area contributed by atoms with Crippen LogP contribution in [0.25, 0.3) is 67.1 Å². The topological polar surface area (TPSA) is 13.0 Å². The third-order valence-electron chi connectivity index (χ3n) is 13.3. The van der Waals surface area contributed by atoms with Crippen LogP contribution in [-0.4, -0.2) is 31.9 Å². The minimum absolute atomic E-state index is 0.315. The van der Waals surface area contributed by atoms with E-state index < -0.39 is 0 Å². The molecule has 2 unspecified atom stereocenters. The predicted molar refractivity (Wildman–Crippen MR) is 242 cm³/mol.